The highest BCUT2D eigenvalue weighted by Crippen LogP contribution is 2.15. The predicted octanol–water partition coefficient (Wildman–Crippen LogP) is 11.1. The van der Waals surface area contributed by atoms with Crippen molar-refractivity contribution in [2.24, 2.45) is 0 Å². The van der Waals surface area contributed by atoms with E-state index in [0.29, 0.717) is 6.42 Å². The molecule has 3 N–H and O–H groups in total. The molecule has 0 spiro atoms. The number of unbranched alkanes of at least 4 members (excludes halogenated alkanes) is 27. The lowest BCUT2D eigenvalue weighted by Gasteiger charge is -2.20. The van der Waals surface area contributed by atoms with Gasteiger partial charge in [0.15, 0.2) is 0 Å². The smallest absolute Gasteiger partial charge is 0.220 e. The molecule has 0 aliphatic carbocycles. The van der Waals surface area contributed by atoms with E-state index in [2.05, 4.69) is 19.2 Å². The average molecular weight is 594 g/mol. The number of aliphatic hydroxyl groups is 2. The maximum absolute atomic E-state index is 12.3. The number of aliphatic hydroxyl groups excluding tert-OH is 2. The minimum atomic E-state index is -0.831. The number of nitrogens with one attached hydrogen (secondary N) is 1. The van der Waals surface area contributed by atoms with Crippen molar-refractivity contribution in [3.05, 3.63) is 12.2 Å². The second-order valence-corrected chi connectivity index (χ2v) is 13.0. The molecule has 2 atom stereocenters. The van der Waals surface area contributed by atoms with Crippen molar-refractivity contribution in [1.82, 2.24) is 5.32 Å². The number of rotatable bonds is 34. The van der Waals surface area contributed by atoms with Crippen LogP contribution in [0.2, 0.25) is 0 Å². The van der Waals surface area contributed by atoms with Gasteiger partial charge in [0, 0.05) is 6.42 Å². The molecule has 0 aromatic rings. The average Bonchev–Trinajstić information content (AvgIpc) is 2.99. The summed E-state index contributed by atoms with van der Waals surface area (Å²) in [6.07, 6.45) is 41.5. The molecule has 0 saturated carbocycles. The molecule has 250 valence electrons. The lowest BCUT2D eigenvalue weighted by molar-refractivity contribution is -0.123. The van der Waals surface area contributed by atoms with E-state index in [0.717, 1.165) is 25.7 Å². The lowest BCUT2D eigenvalue weighted by atomic mass is 10.0. The first-order chi connectivity index (χ1) is 20.7. The second-order valence-electron chi connectivity index (χ2n) is 13.0. The van der Waals surface area contributed by atoms with Gasteiger partial charge in [0.1, 0.15) is 0 Å². The molecule has 0 aliphatic rings. The quantitative estimate of drug-likeness (QED) is 0.0513. The summed E-state index contributed by atoms with van der Waals surface area (Å²) < 4.78 is 0. The van der Waals surface area contributed by atoms with Gasteiger partial charge in [-0.05, 0) is 19.3 Å². The third kappa shape index (κ3) is 30.6. The van der Waals surface area contributed by atoms with Crippen molar-refractivity contribution in [3.63, 3.8) is 0 Å². The van der Waals surface area contributed by atoms with E-state index in [1.807, 2.05) is 6.08 Å². The van der Waals surface area contributed by atoms with Gasteiger partial charge < -0.3 is 15.5 Å². The largest absolute Gasteiger partial charge is 0.394 e. The summed E-state index contributed by atoms with van der Waals surface area (Å²) in [7, 11) is 0. The Bertz CT molecular complexity index is 565. The van der Waals surface area contributed by atoms with Gasteiger partial charge in [-0.3, -0.25) is 4.79 Å². The topological polar surface area (TPSA) is 69.6 Å². The molecule has 0 aromatic carbocycles. The fraction of sp³-hybridized carbons (Fsp3) is 0.921. The minimum Gasteiger partial charge on any atom is -0.394 e. The Balaban J connectivity index is 3.59. The van der Waals surface area contributed by atoms with Crippen LogP contribution in [0.3, 0.4) is 0 Å². The van der Waals surface area contributed by atoms with Crippen LogP contribution in [0.5, 0.6) is 0 Å². The molecule has 0 unspecified atom stereocenters. The van der Waals surface area contributed by atoms with Crippen LogP contribution < -0.4 is 5.32 Å². The van der Waals surface area contributed by atoms with Gasteiger partial charge in [-0.15, -0.1) is 0 Å². The van der Waals surface area contributed by atoms with Gasteiger partial charge in [0.05, 0.1) is 18.8 Å². The molecule has 42 heavy (non-hydrogen) atoms. The summed E-state index contributed by atoms with van der Waals surface area (Å²) in [5, 5.41) is 22.9. The Labute approximate surface area is 263 Å². The first-order valence-electron chi connectivity index (χ1n) is 18.9. The Hall–Kier alpha value is -0.870. The van der Waals surface area contributed by atoms with E-state index >= 15 is 0 Å². The summed E-state index contributed by atoms with van der Waals surface area (Å²) in [6, 6.07) is -0.614. The maximum atomic E-state index is 12.3. The summed E-state index contributed by atoms with van der Waals surface area (Å²) in [6.45, 7) is 4.31. The van der Waals surface area contributed by atoms with Crippen molar-refractivity contribution < 1.29 is 15.0 Å². The molecule has 1 amide bonds. The molecular weight excluding hydrogens is 518 g/mol. The Morgan fingerprint density at radius 2 is 0.881 bits per heavy atom. The van der Waals surface area contributed by atoms with E-state index in [4.69, 9.17) is 0 Å². The van der Waals surface area contributed by atoms with Crippen LogP contribution in [-0.4, -0.2) is 34.9 Å². The first kappa shape index (κ1) is 41.1. The van der Waals surface area contributed by atoms with Crippen LogP contribution in [0.4, 0.5) is 0 Å². The van der Waals surface area contributed by atoms with Crippen molar-refractivity contribution in [2.75, 3.05) is 6.61 Å². The Morgan fingerprint density at radius 1 is 0.548 bits per heavy atom. The third-order valence-electron chi connectivity index (χ3n) is 8.77. The number of carbonyl (C=O) groups is 1. The maximum Gasteiger partial charge on any atom is 0.220 e. The molecule has 0 aliphatic heterocycles. The van der Waals surface area contributed by atoms with E-state index < -0.39 is 12.1 Å². The molecule has 4 heteroatoms. The van der Waals surface area contributed by atoms with E-state index in [-0.39, 0.29) is 12.5 Å². The fourth-order valence-electron chi connectivity index (χ4n) is 5.82. The van der Waals surface area contributed by atoms with Gasteiger partial charge in [-0.2, -0.15) is 0 Å². The molecule has 4 nitrogen and oxygen atoms in total. The SMILES string of the molecule is CCCCCCCCCCCCCCC/C=C/[C@@H](O)[C@H](CO)NC(=O)CCCCCCCCCCCCCCCCC. The number of amides is 1. The molecule has 0 fully saturated rings. The van der Waals surface area contributed by atoms with E-state index in [1.54, 1.807) is 6.08 Å². The zero-order valence-corrected chi connectivity index (χ0v) is 28.5. The van der Waals surface area contributed by atoms with Gasteiger partial charge in [-0.25, -0.2) is 0 Å². The highest BCUT2D eigenvalue weighted by molar-refractivity contribution is 5.76. The molecule has 0 heterocycles. The number of hydrogen-bond donors (Lipinski definition) is 3. The van der Waals surface area contributed by atoms with Crippen LogP contribution in [0.15, 0.2) is 12.2 Å². The van der Waals surface area contributed by atoms with Crippen LogP contribution in [0.1, 0.15) is 206 Å². The van der Waals surface area contributed by atoms with Crippen molar-refractivity contribution >= 4 is 5.91 Å². The summed E-state index contributed by atoms with van der Waals surface area (Å²) in [5.41, 5.74) is 0. The monoisotopic (exact) mass is 594 g/mol. The molecule has 0 bridgehead atoms. The van der Waals surface area contributed by atoms with Gasteiger partial charge in [0.25, 0.3) is 0 Å². The van der Waals surface area contributed by atoms with Gasteiger partial charge in [0.2, 0.25) is 5.91 Å². The van der Waals surface area contributed by atoms with Crippen LogP contribution in [-0.2, 0) is 4.79 Å². The number of carbonyl (C=O) groups excluding carboxylic acids is 1. The van der Waals surface area contributed by atoms with Crippen LogP contribution in [0, 0.1) is 0 Å². The van der Waals surface area contributed by atoms with Crippen LogP contribution in [0.25, 0.3) is 0 Å². The molecule has 0 radical (unpaired) electrons. The standard InChI is InChI=1S/C38H75NO3/c1-3-5-7-9-11-13-15-17-19-21-23-25-27-29-31-33-37(41)36(35-40)39-38(42)34-32-30-28-26-24-22-20-18-16-14-12-10-8-6-4-2/h31,33,36-37,40-41H,3-30,32,34-35H2,1-2H3,(H,39,42)/b33-31+/t36-,37+/m0/s1. The number of allylic oxidation sites excluding steroid dienone is 1. The summed E-state index contributed by atoms with van der Waals surface area (Å²) >= 11 is 0. The first-order valence-corrected chi connectivity index (χ1v) is 18.9. The summed E-state index contributed by atoms with van der Waals surface area (Å²) in [4.78, 5) is 12.3. The van der Waals surface area contributed by atoms with Crippen LogP contribution >= 0.6 is 0 Å². The predicted molar refractivity (Wildman–Crippen MR) is 184 cm³/mol. The van der Waals surface area contributed by atoms with E-state index in [9.17, 15) is 15.0 Å². The molecule has 0 aromatic heterocycles. The molecular formula is C38H75NO3. The highest BCUT2D eigenvalue weighted by Gasteiger charge is 2.17. The minimum absolute atomic E-state index is 0.0623. The zero-order valence-electron chi connectivity index (χ0n) is 28.5. The third-order valence-corrected chi connectivity index (χ3v) is 8.77. The highest BCUT2D eigenvalue weighted by atomic mass is 16.3. The molecule has 0 saturated heterocycles. The Kier molecular flexibility index (Phi) is 33.9. The lowest BCUT2D eigenvalue weighted by Crippen LogP contribution is -2.45. The fourth-order valence-corrected chi connectivity index (χ4v) is 5.82. The normalized spacial score (nSPS) is 13.1. The van der Waals surface area contributed by atoms with Crippen molar-refractivity contribution in [1.29, 1.82) is 0 Å². The molecule has 0 rings (SSSR count). The zero-order chi connectivity index (χ0) is 30.8. The van der Waals surface area contributed by atoms with Gasteiger partial charge in [-0.1, -0.05) is 193 Å². The Morgan fingerprint density at radius 3 is 1.24 bits per heavy atom. The van der Waals surface area contributed by atoms with Crippen molar-refractivity contribution in [3.8, 4) is 0 Å². The number of hydrogen-bond acceptors (Lipinski definition) is 3. The van der Waals surface area contributed by atoms with Crippen molar-refractivity contribution in [2.45, 2.75) is 219 Å². The van der Waals surface area contributed by atoms with Gasteiger partial charge >= 0.3 is 0 Å². The summed E-state index contributed by atoms with van der Waals surface area (Å²) in [5.74, 6) is -0.0623. The second kappa shape index (κ2) is 34.6. The van der Waals surface area contributed by atoms with E-state index in [1.165, 1.54) is 161 Å².